The number of carbonyl (C=O) groups excluding carboxylic acids is 1. The second kappa shape index (κ2) is 8.33. The number of hydrogen-bond donors (Lipinski definition) is 1. The molecule has 0 saturated carbocycles. The van der Waals surface area contributed by atoms with Crippen molar-refractivity contribution in [2.24, 2.45) is 0 Å². The van der Waals surface area contributed by atoms with Gasteiger partial charge < -0.3 is 19.2 Å². The molecule has 1 fully saturated rings. The molecule has 2 aromatic rings. The topological polar surface area (TPSA) is 64.8 Å². The molecule has 0 radical (unpaired) electrons. The van der Waals surface area contributed by atoms with Crippen molar-refractivity contribution < 1.29 is 9.32 Å². The van der Waals surface area contributed by atoms with E-state index in [4.69, 9.17) is 4.52 Å². The summed E-state index contributed by atoms with van der Waals surface area (Å²) in [5.41, 5.74) is 3.79. The van der Waals surface area contributed by atoms with Gasteiger partial charge in [0.2, 0.25) is 0 Å². The first kappa shape index (κ1) is 19.1. The lowest BCUT2D eigenvalue weighted by Crippen LogP contribution is -2.50. The van der Waals surface area contributed by atoms with Gasteiger partial charge in [0.15, 0.2) is 5.82 Å². The summed E-state index contributed by atoms with van der Waals surface area (Å²) in [5.74, 6) is 1.14. The van der Waals surface area contributed by atoms with Crippen LogP contribution >= 0.6 is 0 Å². The van der Waals surface area contributed by atoms with Gasteiger partial charge in [-0.25, -0.2) is 4.79 Å². The number of urea groups is 1. The molecular weight excluding hydrogens is 342 g/mol. The van der Waals surface area contributed by atoms with Gasteiger partial charge in [-0.2, -0.15) is 0 Å². The zero-order chi connectivity index (χ0) is 19.4. The number of nitrogens with zero attached hydrogens (tertiary/aromatic N) is 4. The molecular formula is C20H29N5O2. The van der Waals surface area contributed by atoms with Crippen molar-refractivity contribution >= 4 is 23.2 Å². The fourth-order valence-electron chi connectivity index (χ4n) is 3.54. The van der Waals surface area contributed by atoms with Gasteiger partial charge in [0.05, 0.1) is 0 Å². The van der Waals surface area contributed by atoms with Crippen molar-refractivity contribution in [3.63, 3.8) is 0 Å². The van der Waals surface area contributed by atoms with Crippen molar-refractivity contribution in [2.75, 3.05) is 54.4 Å². The Morgan fingerprint density at radius 3 is 2.41 bits per heavy atom. The number of carbonyl (C=O) groups is 1. The molecule has 1 aromatic carbocycles. The molecule has 7 nitrogen and oxygen atoms in total. The molecule has 7 heteroatoms. The van der Waals surface area contributed by atoms with Crippen LogP contribution < -0.4 is 15.1 Å². The molecule has 2 amide bonds. The average molecular weight is 371 g/mol. The van der Waals surface area contributed by atoms with E-state index in [1.54, 1.807) is 13.0 Å². The minimum absolute atomic E-state index is 0.128. The third-order valence-electron chi connectivity index (χ3n) is 5.08. The molecule has 0 aliphatic carbocycles. The number of piperazine rings is 1. The van der Waals surface area contributed by atoms with Gasteiger partial charge >= 0.3 is 6.03 Å². The number of benzene rings is 1. The maximum Gasteiger partial charge on any atom is 0.323 e. The van der Waals surface area contributed by atoms with Crippen molar-refractivity contribution in [1.82, 2.24) is 10.1 Å². The lowest BCUT2D eigenvalue weighted by atomic mass is 10.1. The number of hydrogen-bond acceptors (Lipinski definition) is 5. The van der Waals surface area contributed by atoms with Crippen LogP contribution in [-0.2, 0) is 0 Å². The number of amides is 2. The molecule has 0 spiro atoms. The normalized spacial score (nSPS) is 14.4. The van der Waals surface area contributed by atoms with Crippen molar-refractivity contribution in [2.45, 2.75) is 27.7 Å². The van der Waals surface area contributed by atoms with E-state index in [0.29, 0.717) is 24.7 Å². The van der Waals surface area contributed by atoms with Crippen LogP contribution in [0.3, 0.4) is 0 Å². The zero-order valence-corrected chi connectivity index (χ0v) is 16.7. The third-order valence-corrected chi connectivity index (χ3v) is 5.08. The van der Waals surface area contributed by atoms with Gasteiger partial charge in [0, 0.05) is 56.7 Å². The molecule has 1 aliphatic heterocycles. The molecule has 1 aromatic heterocycles. The Morgan fingerprint density at radius 1 is 1.15 bits per heavy atom. The third kappa shape index (κ3) is 4.35. The molecule has 0 atom stereocenters. The standard InChI is InChI=1S/C20H29N5O2/c1-5-23(6-2)17-7-8-18(15(3)13-17)24-9-11-25(12-10-24)20(26)21-19-14-16(4)27-22-19/h7-8,13-14H,5-6,9-12H2,1-4H3,(H,21,22,26). The lowest BCUT2D eigenvalue weighted by molar-refractivity contribution is 0.208. The Morgan fingerprint density at radius 2 is 1.85 bits per heavy atom. The van der Waals surface area contributed by atoms with E-state index in [2.05, 4.69) is 59.2 Å². The van der Waals surface area contributed by atoms with Gasteiger partial charge in [-0.15, -0.1) is 0 Å². The van der Waals surface area contributed by atoms with E-state index < -0.39 is 0 Å². The average Bonchev–Trinajstić information content (AvgIpc) is 3.08. The van der Waals surface area contributed by atoms with Gasteiger partial charge in [0.25, 0.3) is 0 Å². The molecule has 0 bridgehead atoms. The molecule has 0 unspecified atom stereocenters. The second-order valence-corrected chi connectivity index (χ2v) is 6.87. The van der Waals surface area contributed by atoms with Crippen LogP contribution in [-0.4, -0.2) is 55.4 Å². The first-order valence-corrected chi connectivity index (χ1v) is 9.61. The number of anilines is 3. The van der Waals surface area contributed by atoms with E-state index >= 15 is 0 Å². The van der Waals surface area contributed by atoms with Crippen molar-refractivity contribution in [3.8, 4) is 0 Å². The SMILES string of the molecule is CCN(CC)c1ccc(N2CCN(C(=O)Nc3cc(C)on3)CC2)c(C)c1. The monoisotopic (exact) mass is 371 g/mol. The van der Waals surface area contributed by atoms with Gasteiger partial charge in [0.1, 0.15) is 5.76 Å². The van der Waals surface area contributed by atoms with Gasteiger partial charge in [-0.1, -0.05) is 5.16 Å². The van der Waals surface area contributed by atoms with Crippen molar-refractivity contribution in [1.29, 1.82) is 0 Å². The van der Waals surface area contributed by atoms with Crippen LogP contribution in [0.1, 0.15) is 25.2 Å². The summed E-state index contributed by atoms with van der Waals surface area (Å²) in [7, 11) is 0. The highest BCUT2D eigenvalue weighted by atomic mass is 16.5. The maximum absolute atomic E-state index is 12.4. The Labute approximate surface area is 160 Å². The molecule has 3 rings (SSSR count). The number of rotatable bonds is 5. The van der Waals surface area contributed by atoms with Crippen LogP contribution in [0.5, 0.6) is 0 Å². The molecule has 27 heavy (non-hydrogen) atoms. The summed E-state index contributed by atoms with van der Waals surface area (Å²) < 4.78 is 4.99. The highest BCUT2D eigenvalue weighted by Gasteiger charge is 2.23. The van der Waals surface area contributed by atoms with E-state index in [-0.39, 0.29) is 6.03 Å². The minimum atomic E-state index is -0.128. The van der Waals surface area contributed by atoms with Gasteiger partial charge in [-0.3, -0.25) is 5.32 Å². The smallest absolute Gasteiger partial charge is 0.323 e. The minimum Gasteiger partial charge on any atom is -0.372 e. The second-order valence-electron chi connectivity index (χ2n) is 6.87. The Hall–Kier alpha value is -2.70. The maximum atomic E-state index is 12.4. The summed E-state index contributed by atoms with van der Waals surface area (Å²) in [6, 6.07) is 8.25. The molecule has 1 saturated heterocycles. The van der Waals surface area contributed by atoms with Crippen LogP contribution in [0.4, 0.5) is 22.0 Å². The number of aryl methyl sites for hydroxylation is 2. The predicted octanol–water partition coefficient (Wildman–Crippen LogP) is 3.49. The predicted molar refractivity (Wildman–Crippen MR) is 109 cm³/mol. The zero-order valence-electron chi connectivity index (χ0n) is 16.7. The summed E-state index contributed by atoms with van der Waals surface area (Å²) in [5, 5.41) is 6.60. The Kier molecular flexibility index (Phi) is 5.88. The summed E-state index contributed by atoms with van der Waals surface area (Å²) in [6.45, 7) is 13.3. The molecule has 2 heterocycles. The van der Waals surface area contributed by atoms with E-state index in [1.807, 2.05) is 4.90 Å². The highest BCUT2D eigenvalue weighted by Crippen LogP contribution is 2.26. The van der Waals surface area contributed by atoms with E-state index in [0.717, 1.165) is 26.2 Å². The molecule has 146 valence electrons. The van der Waals surface area contributed by atoms with Crippen LogP contribution in [0.25, 0.3) is 0 Å². The first-order valence-electron chi connectivity index (χ1n) is 9.61. The number of nitrogens with one attached hydrogen (secondary N) is 1. The van der Waals surface area contributed by atoms with Gasteiger partial charge in [-0.05, 0) is 51.5 Å². The number of aromatic nitrogens is 1. The van der Waals surface area contributed by atoms with E-state index in [1.165, 1.54) is 16.9 Å². The summed E-state index contributed by atoms with van der Waals surface area (Å²) in [4.78, 5) is 18.9. The largest absolute Gasteiger partial charge is 0.372 e. The quantitative estimate of drug-likeness (QED) is 0.872. The Balaban J connectivity index is 1.59. The highest BCUT2D eigenvalue weighted by molar-refractivity contribution is 5.88. The van der Waals surface area contributed by atoms with Crippen molar-refractivity contribution in [3.05, 3.63) is 35.6 Å². The fourth-order valence-corrected chi connectivity index (χ4v) is 3.54. The molecule has 1 N–H and O–H groups in total. The van der Waals surface area contributed by atoms with Crippen LogP contribution in [0.15, 0.2) is 28.8 Å². The first-order chi connectivity index (χ1) is 13.0. The lowest BCUT2D eigenvalue weighted by Gasteiger charge is -2.37. The van der Waals surface area contributed by atoms with E-state index in [9.17, 15) is 4.79 Å². The summed E-state index contributed by atoms with van der Waals surface area (Å²) in [6.07, 6.45) is 0. The molecule has 1 aliphatic rings. The fraction of sp³-hybridized carbons (Fsp3) is 0.500. The van der Waals surface area contributed by atoms with Crippen LogP contribution in [0, 0.1) is 13.8 Å². The van der Waals surface area contributed by atoms with Crippen LogP contribution in [0.2, 0.25) is 0 Å². The Bertz CT molecular complexity index is 776. The summed E-state index contributed by atoms with van der Waals surface area (Å²) >= 11 is 0.